The summed E-state index contributed by atoms with van der Waals surface area (Å²) < 4.78 is 0. The third-order valence-electron chi connectivity index (χ3n) is 4.40. The van der Waals surface area contributed by atoms with Gasteiger partial charge in [-0.25, -0.2) is 0 Å². The summed E-state index contributed by atoms with van der Waals surface area (Å²) in [6, 6.07) is 13.3. The molecule has 1 N–H and O–H groups in total. The Morgan fingerprint density at radius 1 is 1.20 bits per heavy atom. The first-order valence-electron chi connectivity index (χ1n) is 7.48. The van der Waals surface area contributed by atoms with Gasteiger partial charge in [-0.05, 0) is 5.56 Å². The second-order valence-electron chi connectivity index (χ2n) is 5.75. The van der Waals surface area contributed by atoms with E-state index in [2.05, 4.69) is 33.3 Å². The van der Waals surface area contributed by atoms with Crippen LogP contribution in [-0.2, 0) is 0 Å². The molecule has 2 aliphatic rings. The fourth-order valence-corrected chi connectivity index (χ4v) is 3.13. The van der Waals surface area contributed by atoms with Gasteiger partial charge in [0.25, 0.3) is 0 Å². The molecule has 3 rings (SSSR count). The SMILES string of the molecule is N#CC(CN1CC(N2CCNCC2)C1)c1ccccc1. The topological polar surface area (TPSA) is 42.3 Å². The predicted octanol–water partition coefficient (Wildman–Crippen LogP) is 0.883. The lowest BCUT2D eigenvalue weighted by molar-refractivity contribution is 0.0263. The predicted molar refractivity (Wildman–Crippen MR) is 79.5 cm³/mol. The van der Waals surface area contributed by atoms with Gasteiger partial charge in [-0.3, -0.25) is 9.80 Å². The highest BCUT2D eigenvalue weighted by atomic mass is 15.3. The van der Waals surface area contributed by atoms with Gasteiger partial charge in [0.05, 0.1) is 12.0 Å². The molecular formula is C16H22N4. The van der Waals surface area contributed by atoms with Crippen LogP contribution < -0.4 is 5.32 Å². The Balaban J connectivity index is 1.49. The minimum Gasteiger partial charge on any atom is -0.314 e. The summed E-state index contributed by atoms with van der Waals surface area (Å²) in [7, 11) is 0. The maximum absolute atomic E-state index is 9.37. The average molecular weight is 270 g/mol. The standard InChI is InChI=1S/C16H22N4/c17-10-15(14-4-2-1-3-5-14)11-19-12-16(13-19)20-8-6-18-7-9-20/h1-5,15-16,18H,6-9,11-13H2. The van der Waals surface area contributed by atoms with Crippen LogP contribution in [0.4, 0.5) is 0 Å². The van der Waals surface area contributed by atoms with Crippen molar-refractivity contribution >= 4 is 0 Å². The van der Waals surface area contributed by atoms with E-state index in [0.717, 1.165) is 38.3 Å². The van der Waals surface area contributed by atoms with Gasteiger partial charge in [0.15, 0.2) is 0 Å². The molecule has 1 atom stereocenters. The van der Waals surface area contributed by atoms with Crippen LogP contribution in [-0.4, -0.2) is 61.7 Å². The number of likely N-dealkylation sites (tertiary alicyclic amines) is 1. The van der Waals surface area contributed by atoms with Crippen LogP contribution in [0.2, 0.25) is 0 Å². The van der Waals surface area contributed by atoms with Crippen LogP contribution in [0.25, 0.3) is 0 Å². The van der Waals surface area contributed by atoms with Crippen LogP contribution >= 0.6 is 0 Å². The Hall–Kier alpha value is -1.41. The Morgan fingerprint density at radius 3 is 2.55 bits per heavy atom. The molecule has 0 aromatic heterocycles. The quantitative estimate of drug-likeness (QED) is 0.882. The molecule has 2 heterocycles. The highest BCUT2D eigenvalue weighted by Crippen LogP contribution is 2.21. The molecule has 2 fully saturated rings. The van der Waals surface area contributed by atoms with Gasteiger partial charge in [0.2, 0.25) is 0 Å². The van der Waals surface area contributed by atoms with E-state index in [0.29, 0.717) is 6.04 Å². The van der Waals surface area contributed by atoms with Gasteiger partial charge in [-0.1, -0.05) is 30.3 Å². The lowest BCUT2D eigenvalue weighted by atomic mass is 9.97. The second kappa shape index (κ2) is 6.36. The van der Waals surface area contributed by atoms with Crippen LogP contribution in [0, 0.1) is 11.3 Å². The number of nitrogens with zero attached hydrogens (tertiary/aromatic N) is 3. The molecule has 0 saturated carbocycles. The largest absolute Gasteiger partial charge is 0.314 e. The lowest BCUT2D eigenvalue weighted by Crippen LogP contribution is -2.63. The monoisotopic (exact) mass is 270 g/mol. The summed E-state index contributed by atoms with van der Waals surface area (Å²) in [6.45, 7) is 7.65. The first-order valence-corrected chi connectivity index (χ1v) is 7.48. The highest BCUT2D eigenvalue weighted by Gasteiger charge is 2.33. The second-order valence-corrected chi connectivity index (χ2v) is 5.75. The number of hydrogen-bond donors (Lipinski definition) is 1. The van der Waals surface area contributed by atoms with Gasteiger partial charge in [-0.15, -0.1) is 0 Å². The van der Waals surface area contributed by atoms with Crippen molar-refractivity contribution in [2.75, 3.05) is 45.8 Å². The zero-order valence-electron chi connectivity index (χ0n) is 11.8. The summed E-state index contributed by atoms with van der Waals surface area (Å²) in [6.07, 6.45) is 0. The number of piperazine rings is 1. The van der Waals surface area contributed by atoms with Gasteiger partial charge < -0.3 is 5.32 Å². The molecule has 1 unspecified atom stereocenters. The molecule has 4 nitrogen and oxygen atoms in total. The van der Waals surface area contributed by atoms with Crippen molar-refractivity contribution < 1.29 is 0 Å². The van der Waals surface area contributed by atoms with Crippen molar-refractivity contribution in [1.29, 1.82) is 5.26 Å². The molecule has 0 radical (unpaired) electrons. The molecule has 0 spiro atoms. The van der Waals surface area contributed by atoms with E-state index in [9.17, 15) is 5.26 Å². The van der Waals surface area contributed by atoms with Gasteiger partial charge >= 0.3 is 0 Å². The Bertz CT molecular complexity index is 455. The molecule has 0 bridgehead atoms. The molecular weight excluding hydrogens is 248 g/mol. The van der Waals surface area contributed by atoms with E-state index in [1.165, 1.54) is 13.1 Å². The van der Waals surface area contributed by atoms with Crippen molar-refractivity contribution in [1.82, 2.24) is 15.1 Å². The van der Waals surface area contributed by atoms with Crippen LogP contribution in [0.15, 0.2) is 30.3 Å². The third kappa shape index (κ3) is 3.01. The lowest BCUT2D eigenvalue weighted by Gasteiger charge is -2.47. The minimum absolute atomic E-state index is 0.000160. The van der Waals surface area contributed by atoms with Gasteiger partial charge in [0.1, 0.15) is 0 Å². The normalized spacial score (nSPS) is 22.9. The number of nitriles is 1. The van der Waals surface area contributed by atoms with Gasteiger partial charge in [0, 0.05) is 51.9 Å². The Labute approximate surface area is 121 Å². The molecule has 4 heteroatoms. The van der Waals surface area contributed by atoms with E-state index in [1.54, 1.807) is 0 Å². The highest BCUT2D eigenvalue weighted by molar-refractivity contribution is 5.25. The molecule has 2 aliphatic heterocycles. The van der Waals surface area contributed by atoms with Crippen molar-refractivity contribution in [2.45, 2.75) is 12.0 Å². The van der Waals surface area contributed by atoms with Crippen molar-refractivity contribution in [3.05, 3.63) is 35.9 Å². The average Bonchev–Trinajstić information content (AvgIpc) is 2.48. The smallest absolute Gasteiger partial charge is 0.0839 e. The van der Waals surface area contributed by atoms with Crippen molar-refractivity contribution in [3.63, 3.8) is 0 Å². The fraction of sp³-hybridized carbons (Fsp3) is 0.562. The van der Waals surface area contributed by atoms with E-state index in [-0.39, 0.29) is 5.92 Å². The van der Waals surface area contributed by atoms with Crippen LogP contribution in [0.1, 0.15) is 11.5 Å². The molecule has 0 aliphatic carbocycles. The molecule has 1 aromatic carbocycles. The summed E-state index contributed by atoms with van der Waals surface area (Å²) in [5, 5.41) is 12.8. The number of hydrogen-bond acceptors (Lipinski definition) is 4. The summed E-state index contributed by atoms with van der Waals surface area (Å²) >= 11 is 0. The first kappa shape index (κ1) is 13.6. The minimum atomic E-state index is 0.000160. The van der Waals surface area contributed by atoms with E-state index in [1.807, 2.05) is 18.2 Å². The number of benzene rings is 1. The van der Waals surface area contributed by atoms with Gasteiger partial charge in [-0.2, -0.15) is 5.26 Å². The molecule has 106 valence electrons. The van der Waals surface area contributed by atoms with E-state index in [4.69, 9.17) is 0 Å². The van der Waals surface area contributed by atoms with E-state index < -0.39 is 0 Å². The third-order valence-corrected chi connectivity index (χ3v) is 4.40. The fourth-order valence-electron chi connectivity index (χ4n) is 3.13. The molecule has 0 amide bonds. The summed E-state index contributed by atoms with van der Waals surface area (Å²) in [5.74, 6) is 0.000160. The summed E-state index contributed by atoms with van der Waals surface area (Å²) in [4.78, 5) is 4.99. The van der Waals surface area contributed by atoms with Crippen LogP contribution in [0.3, 0.4) is 0 Å². The zero-order valence-corrected chi connectivity index (χ0v) is 11.8. The Kier molecular flexibility index (Phi) is 4.31. The number of nitrogens with one attached hydrogen (secondary N) is 1. The maximum atomic E-state index is 9.37. The van der Waals surface area contributed by atoms with Crippen LogP contribution in [0.5, 0.6) is 0 Å². The molecule has 20 heavy (non-hydrogen) atoms. The zero-order chi connectivity index (χ0) is 13.8. The molecule has 2 saturated heterocycles. The summed E-state index contributed by atoms with van der Waals surface area (Å²) in [5.41, 5.74) is 1.14. The first-order chi connectivity index (χ1) is 9.86. The number of rotatable bonds is 4. The maximum Gasteiger partial charge on any atom is 0.0839 e. The van der Waals surface area contributed by atoms with Crippen molar-refractivity contribution in [3.8, 4) is 6.07 Å². The van der Waals surface area contributed by atoms with E-state index >= 15 is 0 Å². The Morgan fingerprint density at radius 2 is 1.90 bits per heavy atom. The molecule has 1 aromatic rings. The van der Waals surface area contributed by atoms with Crippen molar-refractivity contribution in [2.24, 2.45) is 0 Å².